The Morgan fingerprint density at radius 3 is 2.90 bits per heavy atom. The second-order valence-corrected chi connectivity index (χ2v) is 9.78. The van der Waals surface area contributed by atoms with Gasteiger partial charge in [-0.2, -0.15) is 5.26 Å². The Labute approximate surface area is 170 Å². The smallest absolute Gasteiger partial charge is 0.331 e. The number of rotatable bonds is 4. The third-order valence-corrected chi connectivity index (χ3v) is 8.03. The molecule has 0 spiro atoms. The van der Waals surface area contributed by atoms with E-state index in [0.717, 1.165) is 5.57 Å². The first-order chi connectivity index (χ1) is 13.6. The Balaban J connectivity index is 1.68. The van der Waals surface area contributed by atoms with Crippen LogP contribution in [0.4, 0.5) is 4.79 Å². The number of carbonyl (C=O) groups excluding carboxylic acids is 2. The summed E-state index contributed by atoms with van der Waals surface area (Å²) < 4.78 is 26.6. The average Bonchev–Trinajstić information content (AvgIpc) is 2.64. The summed E-state index contributed by atoms with van der Waals surface area (Å²) in [7, 11) is -3.98. The van der Waals surface area contributed by atoms with Crippen molar-refractivity contribution in [1.29, 1.82) is 5.26 Å². The van der Waals surface area contributed by atoms with Crippen molar-refractivity contribution >= 4 is 28.2 Å². The van der Waals surface area contributed by atoms with E-state index in [1.54, 1.807) is 26.1 Å². The molecule has 3 aliphatic rings. The summed E-state index contributed by atoms with van der Waals surface area (Å²) in [4.78, 5) is 29.0. The van der Waals surface area contributed by atoms with Gasteiger partial charge in [-0.1, -0.05) is 5.57 Å². The van der Waals surface area contributed by atoms with Gasteiger partial charge in [0.1, 0.15) is 11.8 Å². The Morgan fingerprint density at radius 2 is 2.24 bits per heavy atom. The van der Waals surface area contributed by atoms with Crippen LogP contribution in [0.15, 0.2) is 16.6 Å². The molecule has 3 rings (SSSR count). The number of urea groups is 1. The minimum Gasteiger partial charge on any atom is -0.351 e. The molecule has 3 heterocycles. The molecule has 5 unspecified atom stereocenters. The lowest BCUT2D eigenvalue weighted by Crippen LogP contribution is -2.70. The molecule has 0 aliphatic carbocycles. The quantitative estimate of drug-likeness (QED) is 0.521. The van der Waals surface area contributed by atoms with Crippen LogP contribution >= 0.6 is 0 Å². The number of sulfonamides is 1. The molecular formula is C18H26N6O4S. The van der Waals surface area contributed by atoms with Gasteiger partial charge in [-0.05, 0) is 39.8 Å². The molecule has 0 saturated carbocycles. The van der Waals surface area contributed by atoms with Crippen molar-refractivity contribution in [2.75, 3.05) is 13.1 Å². The first-order valence-electron chi connectivity index (χ1n) is 9.61. The van der Waals surface area contributed by atoms with E-state index in [9.17, 15) is 18.0 Å². The number of nitriles is 1. The lowest BCUT2D eigenvalue weighted by Gasteiger charge is -2.43. The fourth-order valence-corrected chi connectivity index (χ4v) is 6.30. The van der Waals surface area contributed by atoms with E-state index in [-0.39, 0.29) is 18.0 Å². The van der Waals surface area contributed by atoms with Crippen molar-refractivity contribution in [1.82, 2.24) is 20.3 Å². The molecule has 0 radical (unpaired) electrons. The van der Waals surface area contributed by atoms with Gasteiger partial charge in [0.05, 0.1) is 12.1 Å². The molecule has 11 heteroatoms. The predicted molar refractivity (Wildman–Crippen MR) is 107 cm³/mol. The maximum Gasteiger partial charge on any atom is 0.331 e. The van der Waals surface area contributed by atoms with Gasteiger partial charge in [0.25, 0.3) is 0 Å². The van der Waals surface area contributed by atoms with Crippen LogP contribution in [0.1, 0.15) is 27.2 Å². The molecule has 0 aromatic heterocycles. The van der Waals surface area contributed by atoms with Gasteiger partial charge >= 0.3 is 6.03 Å². The Bertz CT molecular complexity index is 893. The minimum atomic E-state index is -3.98. The molecule has 158 valence electrons. The van der Waals surface area contributed by atoms with Crippen LogP contribution in [0.5, 0.6) is 0 Å². The molecule has 2 saturated heterocycles. The maximum atomic E-state index is 13.0. The highest BCUT2D eigenvalue weighted by molar-refractivity contribution is 7.90. The van der Waals surface area contributed by atoms with Crippen molar-refractivity contribution in [2.24, 2.45) is 10.9 Å². The number of hydrogen-bond donors (Lipinski definition) is 3. The van der Waals surface area contributed by atoms with Crippen molar-refractivity contribution < 1.29 is 18.0 Å². The van der Waals surface area contributed by atoms with E-state index in [1.807, 2.05) is 13.0 Å². The number of fused-ring (bicyclic) bond motifs is 1. The Hall–Kier alpha value is -2.45. The van der Waals surface area contributed by atoms with Gasteiger partial charge in [-0.15, -0.1) is 0 Å². The van der Waals surface area contributed by atoms with Crippen LogP contribution in [-0.4, -0.2) is 73.4 Å². The fraction of sp³-hybridized carbons (Fsp3) is 0.667. The molecule has 29 heavy (non-hydrogen) atoms. The highest BCUT2D eigenvalue weighted by Gasteiger charge is 2.50. The summed E-state index contributed by atoms with van der Waals surface area (Å²) in [5, 5.41) is 16.7. The van der Waals surface area contributed by atoms with Gasteiger partial charge < -0.3 is 16.0 Å². The van der Waals surface area contributed by atoms with Crippen molar-refractivity contribution in [3.8, 4) is 6.07 Å². The first-order valence-corrected chi connectivity index (χ1v) is 11.1. The van der Waals surface area contributed by atoms with Gasteiger partial charge in [-0.25, -0.2) is 17.5 Å². The number of dihydropyridines is 1. The monoisotopic (exact) mass is 422 g/mol. The number of aliphatic imine (C=N–C) groups is 1. The topological polar surface area (TPSA) is 144 Å². The zero-order valence-corrected chi connectivity index (χ0v) is 17.4. The van der Waals surface area contributed by atoms with Crippen LogP contribution in [0.25, 0.3) is 0 Å². The number of amides is 3. The molecule has 2 fully saturated rings. The summed E-state index contributed by atoms with van der Waals surface area (Å²) in [6, 6.07) is -0.418. The molecule has 0 bridgehead atoms. The standard InChI is InChI=1S/C18H26N6O4S/c1-10-6-13(7-19)21-8-14(10)11(2)22-16(25)9-24-18(26)23-15-4-5-20-12(3)17(15)29(24,27)28/h6,8,11-15,17,20H,4-5,9H2,1-3H3,(H,22,25)(H,23,26)/t11-,12?,13?,14?,15?,17?/m1/s1. The molecule has 0 aromatic carbocycles. The van der Waals surface area contributed by atoms with Crippen LogP contribution < -0.4 is 16.0 Å². The molecular weight excluding hydrogens is 396 g/mol. The molecule has 3 aliphatic heterocycles. The number of piperidine rings is 1. The molecule has 10 nitrogen and oxygen atoms in total. The highest BCUT2D eigenvalue weighted by atomic mass is 32.2. The number of hydrogen-bond acceptors (Lipinski definition) is 7. The lowest BCUT2D eigenvalue weighted by atomic mass is 9.91. The number of nitrogens with zero attached hydrogens (tertiary/aromatic N) is 3. The average molecular weight is 423 g/mol. The zero-order chi connectivity index (χ0) is 21.3. The predicted octanol–water partition coefficient (Wildman–Crippen LogP) is -0.496. The van der Waals surface area contributed by atoms with E-state index in [2.05, 4.69) is 20.9 Å². The number of carbonyl (C=O) groups is 2. The van der Waals surface area contributed by atoms with Crippen molar-refractivity contribution in [3.63, 3.8) is 0 Å². The van der Waals surface area contributed by atoms with E-state index in [0.29, 0.717) is 17.3 Å². The minimum absolute atomic E-state index is 0.206. The third-order valence-electron chi connectivity index (χ3n) is 5.70. The van der Waals surface area contributed by atoms with Gasteiger partial charge in [0, 0.05) is 24.2 Å². The van der Waals surface area contributed by atoms with E-state index in [4.69, 9.17) is 5.26 Å². The normalized spacial score (nSPS) is 34.3. The van der Waals surface area contributed by atoms with Gasteiger partial charge in [-0.3, -0.25) is 9.79 Å². The summed E-state index contributed by atoms with van der Waals surface area (Å²) >= 11 is 0. The van der Waals surface area contributed by atoms with E-state index < -0.39 is 45.8 Å². The molecule has 0 aromatic rings. The van der Waals surface area contributed by atoms with Crippen LogP contribution in [0.3, 0.4) is 0 Å². The Morgan fingerprint density at radius 1 is 1.52 bits per heavy atom. The maximum absolute atomic E-state index is 13.0. The number of nitrogens with one attached hydrogen (secondary N) is 3. The fourth-order valence-electron chi connectivity index (χ4n) is 4.19. The van der Waals surface area contributed by atoms with Crippen molar-refractivity contribution in [2.45, 2.75) is 56.6 Å². The molecule has 6 atom stereocenters. The highest BCUT2D eigenvalue weighted by Crippen LogP contribution is 2.26. The summed E-state index contributed by atoms with van der Waals surface area (Å²) in [5.74, 6) is -0.781. The largest absolute Gasteiger partial charge is 0.351 e. The SMILES string of the molecule is CC1=CC(C#N)N=CC1[C@@H](C)NC(=O)CN1C(=O)NC2CCNC(C)C2S1(=O)=O. The van der Waals surface area contributed by atoms with E-state index >= 15 is 0 Å². The lowest BCUT2D eigenvalue weighted by molar-refractivity contribution is -0.121. The van der Waals surface area contributed by atoms with Crippen LogP contribution in [-0.2, 0) is 14.8 Å². The third kappa shape index (κ3) is 4.13. The Kier molecular flexibility index (Phi) is 5.95. The summed E-state index contributed by atoms with van der Waals surface area (Å²) in [6.07, 6.45) is 3.87. The van der Waals surface area contributed by atoms with Gasteiger partial charge in [0.2, 0.25) is 15.9 Å². The first kappa shape index (κ1) is 21.3. The zero-order valence-electron chi connectivity index (χ0n) is 16.6. The van der Waals surface area contributed by atoms with Crippen LogP contribution in [0.2, 0.25) is 0 Å². The summed E-state index contributed by atoms with van der Waals surface area (Å²) in [5.41, 5.74) is 0.896. The van der Waals surface area contributed by atoms with E-state index in [1.165, 1.54) is 0 Å². The second kappa shape index (κ2) is 8.12. The van der Waals surface area contributed by atoms with Crippen molar-refractivity contribution in [3.05, 3.63) is 11.6 Å². The molecule has 3 N–H and O–H groups in total. The molecule has 3 amide bonds. The van der Waals surface area contributed by atoms with Crippen LogP contribution in [0, 0.1) is 17.2 Å². The van der Waals surface area contributed by atoms with Gasteiger partial charge in [0.15, 0.2) is 6.04 Å². The summed E-state index contributed by atoms with van der Waals surface area (Å²) in [6.45, 7) is 5.42. The second-order valence-electron chi connectivity index (χ2n) is 7.77.